The van der Waals surface area contributed by atoms with E-state index in [0.29, 0.717) is 0 Å². The monoisotopic (exact) mass is 263 g/mol. The van der Waals surface area contributed by atoms with Crippen molar-refractivity contribution in [3.8, 4) is 0 Å². The van der Waals surface area contributed by atoms with Crippen LogP contribution in [0, 0.1) is 0 Å². The molecule has 106 valence electrons. The Bertz CT molecular complexity index is 387. The van der Waals surface area contributed by atoms with E-state index in [1.165, 1.54) is 19.3 Å². The molecule has 0 radical (unpaired) electrons. The molecule has 0 unspecified atom stereocenters. The van der Waals surface area contributed by atoms with Gasteiger partial charge in [0.15, 0.2) is 0 Å². The van der Waals surface area contributed by atoms with E-state index < -0.39 is 0 Å². The van der Waals surface area contributed by atoms with Crippen LogP contribution in [0.5, 0.6) is 0 Å². The second kappa shape index (κ2) is 7.28. The van der Waals surface area contributed by atoms with Crippen molar-refractivity contribution in [1.82, 2.24) is 15.0 Å². The molecule has 2 rings (SSSR count). The van der Waals surface area contributed by atoms with E-state index in [2.05, 4.69) is 39.6 Å². The van der Waals surface area contributed by atoms with Crippen LogP contribution >= 0.6 is 0 Å². The molecule has 0 aliphatic carbocycles. The maximum atomic E-state index is 4.55. The van der Waals surface area contributed by atoms with E-state index in [-0.39, 0.29) is 0 Å². The van der Waals surface area contributed by atoms with E-state index in [1.54, 1.807) is 0 Å². The number of aromatic nitrogens is 2. The van der Waals surface area contributed by atoms with Crippen LogP contribution in [-0.2, 0) is 6.42 Å². The van der Waals surface area contributed by atoms with Crippen molar-refractivity contribution in [3.63, 3.8) is 0 Å². The van der Waals surface area contributed by atoms with Crippen molar-refractivity contribution in [3.05, 3.63) is 11.9 Å². The number of hydrogen-bond acceptors (Lipinski definition) is 5. The van der Waals surface area contributed by atoms with Crippen LogP contribution in [0.15, 0.2) is 6.07 Å². The third kappa shape index (κ3) is 4.35. The molecule has 1 aliphatic rings. The molecule has 5 nitrogen and oxygen atoms in total. The van der Waals surface area contributed by atoms with Gasteiger partial charge < -0.3 is 10.7 Å². The van der Waals surface area contributed by atoms with Gasteiger partial charge in [-0.3, -0.25) is 0 Å². The lowest BCUT2D eigenvalue weighted by atomic mass is 10.2. The first-order valence-corrected chi connectivity index (χ1v) is 7.45. The number of nitrogens with zero attached hydrogens (tertiary/aromatic N) is 3. The average molecular weight is 263 g/mol. The summed E-state index contributed by atoms with van der Waals surface area (Å²) in [6, 6.07) is 2.00. The molecule has 1 fully saturated rings. The molecule has 1 aliphatic heterocycles. The SMILES string of the molecule is CCCNc1cc(NN2CCCCC2)nc(CC)n1. The molecule has 2 N–H and O–H groups in total. The number of rotatable bonds is 6. The molecule has 19 heavy (non-hydrogen) atoms. The molecular weight excluding hydrogens is 238 g/mol. The predicted molar refractivity (Wildman–Crippen MR) is 79.2 cm³/mol. The Morgan fingerprint density at radius 3 is 2.53 bits per heavy atom. The summed E-state index contributed by atoms with van der Waals surface area (Å²) in [6.45, 7) is 7.39. The largest absolute Gasteiger partial charge is 0.370 e. The van der Waals surface area contributed by atoms with Gasteiger partial charge in [-0.1, -0.05) is 20.3 Å². The zero-order chi connectivity index (χ0) is 13.5. The van der Waals surface area contributed by atoms with E-state index >= 15 is 0 Å². The lowest BCUT2D eigenvalue weighted by Crippen LogP contribution is -2.35. The Morgan fingerprint density at radius 2 is 1.84 bits per heavy atom. The highest BCUT2D eigenvalue weighted by Gasteiger charge is 2.11. The number of hydrazine groups is 1. The summed E-state index contributed by atoms with van der Waals surface area (Å²) < 4.78 is 0. The van der Waals surface area contributed by atoms with Gasteiger partial charge in [0.05, 0.1) is 0 Å². The summed E-state index contributed by atoms with van der Waals surface area (Å²) in [6.07, 6.45) is 5.82. The fourth-order valence-corrected chi connectivity index (χ4v) is 2.22. The summed E-state index contributed by atoms with van der Waals surface area (Å²) in [5, 5.41) is 5.60. The summed E-state index contributed by atoms with van der Waals surface area (Å²) in [4.78, 5) is 9.05. The topological polar surface area (TPSA) is 53.1 Å². The first kappa shape index (κ1) is 14.1. The maximum absolute atomic E-state index is 4.55. The minimum absolute atomic E-state index is 0.857. The Labute approximate surface area is 115 Å². The average Bonchev–Trinajstić information content (AvgIpc) is 2.46. The van der Waals surface area contributed by atoms with Crippen LogP contribution in [0.4, 0.5) is 11.6 Å². The minimum atomic E-state index is 0.857. The quantitative estimate of drug-likeness (QED) is 0.826. The molecule has 1 aromatic rings. The van der Waals surface area contributed by atoms with Crippen molar-refractivity contribution < 1.29 is 0 Å². The molecule has 0 amide bonds. The summed E-state index contributed by atoms with van der Waals surface area (Å²) >= 11 is 0. The number of hydrogen-bond donors (Lipinski definition) is 2. The van der Waals surface area contributed by atoms with Crippen LogP contribution in [0.3, 0.4) is 0 Å². The van der Waals surface area contributed by atoms with Gasteiger partial charge in [-0.25, -0.2) is 15.0 Å². The van der Waals surface area contributed by atoms with Crippen molar-refractivity contribution in [2.24, 2.45) is 0 Å². The molecule has 1 aromatic heterocycles. The van der Waals surface area contributed by atoms with Crippen LogP contribution in [0.25, 0.3) is 0 Å². The van der Waals surface area contributed by atoms with Gasteiger partial charge in [0, 0.05) is 32.1 Å². The summed E-state index contributed by atoms with van der Waals surface area (Å²) in [5.41, 5.74) is 3.41. The number of piperidine rings is 1. The van der Waals surface area contributed by atoms with Crippen LogP contribution in [0.1, 0.15) is 45.4 Å². The standard InChI is InChI=1S/C14H25N5/c1-3-8-15-13-11-14(17-12(4-2)16-13)18-19-9-6-5-7-10-19/h11H,3-10H2,1-2H3,(H2,15,16,17,18). The smallest absolute Gasteiger partial charge is 0.146 e. The number of anilines is 2. The number of aryl methyl sites for hydroxylation is 1. The van der Waals surface area contributed by atoms with Crippen LogP contribution in [-0.4, -0.2) is 34.6 Å². The van der Waals surface area contributed by atoms with Gasteiger partial charge in [0.1, 0.15) is 17.5 Å². The lowest BCUT2D eigenvalue weighted by Gasteiger charge is -2.27. The Balaban J connectivity index is 2.04. The van der Waals surface area contributed by atoms with Gasteiger partial charge >= 0.3 is 0 Å². The molecular formula is C14H25N5. The first-order chi connectivity index (χ1) is 9.31. The molecule has 0 saturated carbocycles. The maximum Gasteiger partial charge on any atom is 0.146 e. The summed E-state index contributed by atoms with van der Waals surface area (Å²) in [5.74, 6) is 2.72. The second-order valence-electron chi connectivity index (χ2n) is 4.99. The molecule has 0 bridgehead atoms. The van der Waals surface area contributed by atoms with Crippen molar-refractivity contribution >= 4 is 11.6 Å². The normalized spacial score (nSPS) is 16.3. The van der Waals surface area contributed by atoms with Gasteiger partial charge in [-0.15, -0.1) is 0 Å². The fourth-order valence-electron chi connectivity index (χ4n) is 2.22. The van der Waals surface area contributed by atoms with Crippen molar-refractivity contribution in [2.75, 3.05) is 30.4 Å². The van der Waals surface area contributed by atoms with E-state index in [0.717, 1.165) is 49.9 Å². The molecule has 2 heterocycles. The van der Waals surface area contributed by atoms with Crippen molar-refractivity contribution in [2.45, 2.75) is 46.0 Å². The van der Waals surface area contributed by atoms with Gasteiger partial charge in [0.2, 0.25) is 0 Å². The van der Waals surface area contributed by atoms with E-state index in [1.807, 2.05) is 6.07 Å². The van der Waals surface area contributed by atoms with Gasteiger partial charge in [-0.2, -0.15) is 0 Å². The highest BCUT2D eigenvalue weighted by Crippen LogP contribution is 2.15. The Morgan fingerprint density at radius 1 is 1.11 bits per heavy atom. The molecule has 0 spiro atoms. The summed E-state index contributed by atoms with van der Waals surface area (Å²) in [7, 11) is 0. The number of nitrogens with one attached hydrogen (secondary N) is 2. The van der Waals surface area contributed by atoms with Crippen molar-refractivity contribution in [1.29, 1.82) is 0 Å². The third-order valence-electron chi connectivity index (χ3n) is 3.27. The highest BCUT2D eigenvalue weighted by atomic mass is 15.5. The Hall–Kier alpha value is -1.36. The molecule has 5 heteroatoms. The van der Waals surface area contributed by atoms with Crippen LogP contribution in [0.2, 0.25) is 0 Å². The predicted octanol–water partition coefficient (Wildman–Crippen LogP) is 2.67. The Kier molecular flexibility index (Phi) is 5.39. The van der Waals surface area contributed by atoms with Gasteiger partial charge in [-0.05, 0) is 19.3 Å². The fraction of sp³-hybridized carbons (Fsp3) is 0.714. The first-order valence-electron chi connectivity index (χ1n) is 7.45. The third-order valence-corrected chi connectivity index (χ3v) is 3.27. The molecule has 1 saturated heterocycles. The lowest BCUT2D eigenvalue weighted by molar-refractivity contribution is 0.272. The molecule has 0 aromatic carbocycles. The van der Waals surface area contributed by atoms with Crippen LogP contribution < -0.4 is 10.7 Å². The molecule has 0 atom stereocenters. The van der Waals surface area contributed by atoms with E-state index in [9.17, 15) is 0 Å². The van der Waals surface area contributed by atoms with Gasteiger partial charge in [0.25, 0.3) is 0 Å². The zero-order valence-corrected chi connectivity index (χ0v) is 12.1. The minimum Gasteiger partial charge on any atom is -0.370 e. The highest BCUT2D eigenvalue weighted by molar-refractivity contribution is 5.47. The zero-order valence-electron chi connectivity index (χ0n) is 12.1. The second-order valence-corrected chi connectivity index (χ2v) is 4.99. The van der Waals surface area contributed by atoms with E-state index in [4.69, 9.17) is 0 Å².